The number of hydrogen-bond acceptors (Lipinski definition) is 7. The number of likely N-dealkylation sites (N-methyl/N-ethyl adjacent to an activating group) is 1. The molecule has 0 radical (unpaired) electrons. The molecule has 0 amide bonds. The van der Waals surface area contributed by atoms with Gasteiger partial charge in [0.2, 0.25) is 0 Å². The molecule has 1 fully saturated rings. The smallest absolute Gasteiger partial charge is 0.167 e. The fourth-order valence-electron chi connectivity index (χ4n) is 4.22. The number of piperazine rings is 1. The number of rotatable bonds is 11. The summed E-state index contributed by atoms with van der Waals surface area (Å²) < 4.78 is 0. The molecular weight excluding hydrogens is 438 g/mol. The molecule has 3 aromatic rings. The Balaban J connectivity index is 1.29. The number of carbonyl (C=O) groups excluding carboxylic acids is 2. The van der Waals surface area contributed by atoms with Gasteiger partial charge >= 0.3 is 0 Å². The van der Waals surface area contributed by atoms with E-state index < -0.39 is 0 Å². The number of ketones is 2. The highest BCUT2D eigenvalue weighted by molar-refractivity contribution is 5.98. The molecule has 1 aliphatic rings. The van der Waals surface area contributed by atoms with Crippen LogP contribution in [0.3, 0.4) is 0 Å². The summed E-state index contributed by atoms with van der Waals surface area (Å²) in [5.41, 5.74) is 2.97. The number of benzene rings is 1. The largest absolute Gasteiger partial charge is 0.340 e. The Morgan fingerprint density at radius 3 is 2.46 bits per heavy atom. The van der Waals surface area contributed by atoms with Gasteiger partial charge in [-0.3, -0.25) is 14.6 Å². The van der Waals surface area contributed by atoms with Crippen LogP contribution in [0.4, 0.5) is 11.5 Å². The van der Waals surface area contributed by atoms with Gasteiger partial charge < -0.3 is 15.1 Å². The summed E-state index contributed by atoms with van der Waals surface area (Å²) in [6, 6.07) is 14.6. The lowest BCUT2D eigenvalue weighted by atomic mass is 10.0. The molecule has 0 aliphatic carbocycles. The van der Waals surface area contributed by atoms with Crippen LogP contribution in [-0.2, 0) is 6.42 Å². The molecule has 182 valence electrons. The van der Waals surface area contributed by atoms with Crippen molar-refractivity contribution in [3.63, 3.8) is 0 Å². The number of carbonyl (C=O) groups is 2. The summed E-state index contributed by atoms with van der Waals surface area (Å²) in [5.74, 6) is 0.760. The summed E-state index contributed by atoms with van der Waals surface area (Å²) in [5, 5.41) is 3.24. The summed E-state index contributed by atoms with van der Waals surface area (Å²) in [7, 11) is 2.16. The molecule has 35 heavy (non-hydrogen) atoms. The highest BCUT2D eigenvalue weighted by Crippen LogP contribution is 2.19. The minimum absolute atomic E-state index is 0.0355. The summed E-state index contributed by atoms with van der Waals surface area (Å²) in [4.78, 5) is 38.6. The first-order valence-electron chi connectivity index (χ1n) is 12.3. The van der Waals surface area contributed by atoms with Crippen molar-refractivity contribution >= 4 is 23.1 Å². The first kappa shape index (κ1) is 24.7. The first-order valence-corrected chi connectivity index (χ1v) is 12.3. The lowest BCUT2D eigenvalue weighted by molar-refractivity contribution is 0.0972. The van der Waals surface area contributed by atoms with Crippen LogP contribution >= 0.6 is 0 Å². The second kappa shape index (κ2) is 12.3. The Morgan fingerprint density at radius 1 is 0.886 bits per heavy atom. The second-order valence-corrected chi connectivity index (χ2v) is 9.12. The molecule has 1 aromatic carbocycles. The van der Waals surface area contributed by atoms with Crippen LogP contribution in [-0.4, -0.2) is 71.1 Å². The third-order valence-corrected chi connectivity index (χ3v) is 6.38. The monoisotopic (exact) mass is 471 g/mol. The summed E-state index contributed by atoms with van der Waals surface area (Å²) in [6.07, 6.45) is 7.81. The maximum Gasteiger partial charge on any atom is 0.167 e. The lowest BCUT2D eigenvalue weighted by Crippen LogP contribution is -2.44. The Hall–Kier alpha value is -3.42. The van der Waals surface area contributed by atoms with Crippen molar-refractivity contribution in [2.24, 2.45) is 0 Å². The van der Waals surface area contributed by atoms with E-state index in [1.807, 2.05) is 36.4 Å². The van der Waals surface area contributed by atoms with Gasteiger partial charge in [-0.05, 0) is 68.4 Å². The molecule has 0 spiro atoms. The molecule has 0 atom stereocenters. The van der Waals surface area contributed by atoms with Gasteiger partial charge in [-0.15, -0.1) is 0 Å². The molecule has 7 heteroatoms. The highest BCUT2D eigenvalue weighted by Gasteiger charge is 2.14. The fraction of sp³-hybridized carbons (Fsp3) is 0.357. The topological polar surface area (TPSA) is 78.4 Å². The van der Waals surface area contributed by atoms with E-state index in [0.29, 0.717) is 29.8 Å². The number of hydrogen-bond donors (Lipinski definition) is 1. The number of anilines is 2. The van der Waals surface area contributed by atoms with Crippen LogP contribution in [0, 0.1) is 0 Å². The standard InChI is InChI=1S/C28H33N5O2/c1-32-15-17-33(18-16-32)14-3-2-7-26(34)24-10-13-30-28(21-24)31-25-6-4-5-23(20-25)27(35)19-22-8-11-29-12-9-22/h4-6,8-13,20-21H,2-3,7,14-19H2,1H3,(H,30,31). The number of Topliss-reactive ketones (excluding diaryl/α,β-unsaturated/α-hetero) is 2. The second-order valence-electron chi connectivity index (χ2n) is 9.12. The van der Waals surface area contributed by atoms with Gasteiger partial charge in [0.25, 0.3) is 0 Å². The molecule has 1 N–H and O–H groups in total. The van der Waals surface area contributed by atoms with E-state index in [4.69, 9.17) is 0 Å². The van der Waals surface area contributed by atoms with Crippen LogP contribution in [0.25, 0.3) is 0 Å². The predicted molar refractivity (Wildman–Crippen MR) is 138 cm³/mol. The molecule has 1 saturated heterocycles. The molecule has 0 unspecified atom stereocenters. The van der Waals surface area contributed by atoms with Gasteiger partial charge in [0.05, 0.1) is 0 Å². The first-order chi connectivity index (χ1) is 17.1. The van der Waals surface area contributed by atoms with E-state index >= 15 is 0 Å². The third kappa shape index (κ3) is 7.53. The molecule has 4 rings (SSSR count). The van der Waals surface area contributed by atoms with Crippen molar-refractivity contribution in [2.75, 3.05) is 45.1 Å². The zero-order valence-corrected chi connectivity index (χ0v) is 20.3. The third-order valence-electron chi connectivity index (χ3n) is 6.38. The SMILES string of the molecule is CN1CCN(CCCCC(=O)c2ccnc(Nc3cccc(C(=O)Cc4ccncc4)c3)c2)CC1. The van der Waals surface area contributed by atoms with Gasteiger partial charge in [-0.25, -0.2) is 4.98 Å². The van der Waals surface area contributed by atoms with Crippen molar-refractivity contribution in [1.82, 2.24) is 19.8 Å². The van der Waals surface area contributed by atoms with E-state index in [1.165, 1.54) is 0 Å². The Morgan fingerprint density at radius 2 is 1.66 bits per heavy atom. The van der Waals surface area contributed by atoms with E-state index in [-0.39, 0.29) is 11.6 Å². The Kier molecular flexibility index (Phi) is 8.70. The van der Waals surface area contributed by atoms with Crippen LogP contribution in [0.2, 0.25) is 0 Å². The van der Waals surface area contributed by atoms with Gasteiger partial charge in [-0.1, -0.05) is 12.1 Å². The van der Waals surface area contributed by atoms with Crippen LogP contribution < -0.4 is 5.32 Å². The van der Waals surface area contributed by atoms with Crippen molar-refractivity contribution in [2.45, 2.75) is 25.7 Å². The average molecular weight is 472 g/mol. The van der Waals surface area contributed by atoms with Gasteiger partial charge in [-0.2, -0.15) is 0 Å². The van der Waals surface area contributed by atoms with Crippen molar-refractivity contribution in [3.8, 4) is 0 Å². The van der Waals surface area contributed by atoms with Gasteiger partial charge in [0.1, 0.15) is 5.82 Å². The maximum atomic E-state index is 12.7. The van der Waals surface area contributed by atoms with Crippen LogP contribution in [0.15, 0.2) is 67.1 Å². The minimum atomic E-state index is 0.0355. The van der Waals surface area contributed by atoms with Gasteiger partial charge in [0.15, 0.2) is 11.6 Å². The normalized spacial score (nSPS) is 14.5. The van der Waals surface area contributed by atoms with Crippen molar-refractivity contribution in [3.05, 3.63) is 83.8 Å². The molecule has 1 aliphatic heterocycles. The maximum absolute atomic E-state index is 12.7. The highest BCUT2D eigenvalue weighted by atomic mass is 16.1. The number of pyridine rings is 2. The van der Waals surface area contributed by atoms with E-state index in [0.717, 1.165) is 56.8 Å². The quantitative estimate of drug-likeness (QED) is 0.331. The summed E-state index contributed by atoms with van der Waals surface area (Å²) >= 11 is 0. The van der Waals surface area contributed by atoms with E-state index in [9.17, 15) is 9.59 Å². The average Bonchev–Trinajstić information content (AvgIpc) is 2.88. The molecule has 0 bridgehead atoms. The molecule has 7 nitrogen and oxygen atoms in total. The Bertz CT molecular complexity index is 1130. The van der Waals surface area contributed by atoms with E-state index in [2.05, 4.69) is 32.1 Å². The zero-order chi connectivity index (χ0) is 24.5. The molecule has 2 aromatic heterocycles. The van der Waals surface area contributed by atoms with Crippen LogP contribution in [0.5, 0.6) is 0 Å². The van der Waals surface area contributed by atoms with E-state index in [1.54, 1.807) is 30.7 Å². The van der Waals surface area contributed by atoms with Crippen molar-refractivity contribution in [1.29, 1.82) is 0 Å². The number of aromatic nitrogens is 2. The fourth-order valence-corrected chi connectivity index (χ4v) is 4.22. The molecule has 0 saturated carbocycles. The zero-order valence-electron chi connectivity index (χ0n) is 20.3. The molecule has 3 heterocycles. The Labute approximate surface area is 207 Å². The minimum Gasteiger partial charge on any atom is -0.340 e. The van der Waals surface area contributed by atoms with Gasteiger partial charge in [0, 0.05) is 74.4 Å². The lowest BCUT2D eigenvalue weighted by Gasteiger charge is -2.32. The number of unbranched alkanes of at least 4 members (excludes halogenated alkanes) is 1. The molecular formula is C28H33N5O2. The number of nitrogens with one attached hydrogen (secondary N) is 1. The summed E-state index contributed by atoms with van der Waals surface area (Å²) in [6.45, 7) is 5.52. The van der Waals surface area contributed by atoms with Crippen molar-refractivity contribution < 1.29 is 9.59 Å². The van der Waals surface area contributed by atoms with Crippen LogP contribution in [0.1, 0.15) is 45.5 Å². The number of nitrogens with zero attached hydrogens (tertiary/aromatic N) is 4. The predicted octanol–water partition coefficient (Wildman–Crippen LogP) is 4.25.